The van der Waals surface area contributed by atoms with Crippen molar-refractivity contribution >= 4 is 33.6 Å². The molecule has 0 aliphatic carbocycles. The highest BCUT2D eigenvalue weighted by Crippen LogP contribution is 2.26. The summed E-state index contributed by atoms with van der Waals surface area (Å²) < 4.78 is 51.3. The average Bonchev–Trinajstić information content (AvgIpc) is 2.80. The van der Waals surface area contributed by atoms with Crippen molar-refractivity contribution in [1.82, 2.24) is 9.21 Å². The van der Waals surface area contributed by atoms with E-state index >= 15 is 0 Å². The molecule has 0 atom stereocenters. The molecule has 2 aromatic rings. The highest BCUT2D eigenvalue weighted by Gasteiger charge is 2.33. The molecule has 1 aliphatic rings. The monoisotopic (exact) mass is 484 g/mol. The first-order valence-corrected chi connectivity index (χ1v) is 11.5. The molecule has 0 aromatic heterocycles. The number of hydrogen-bond acceptors (Lipinski definition) is 7. The second-order valence-electron chi connectivity index (χ2n) is 7.07. The van der Waals surface area contributed by atoms with Gasteiger partial charge < -0.3 is 9.47 Å². The number of carbonyl (C=O) groups excluding carboxylic acids is 2. The van der Waals surface area contributed by atoms with Gasteiger partial charge in [0.15, 0.2) is 0 Å². The van der Waals surface area contributed by atoms with Crippen LogP contribution in [-0.4, -0.2) is 70.0 Å². The molecule has 0 radical (unpaired) electrons. The Kier molecular flexibility index (Phi) is 7.50. The molecule has 2 aromatic carbocycles. The van der Waals surface area contributed by atoms with Crippen molar-refractivity contribution in [2.45, 2.75) is 11.4 Å². The third-order valence-corrected chi connectivity index (χ3v) is 7.49. The van der Waals surface area contributed by atoms with Gasteiger partial charge in [-0.2, -0.15) is 4.31 Å². The van der Waals surface area contributed by atoms with Crippen LogP contribution < -0.4 is 0 Å². The zero-order valence-corrected chi connectivity index (χ0v) is 19.1. The van der Waals surface area contributed by atoms with Gasteiger partial charge in [0, 0.05) is 43.3 Å². The minimum absolute atomic E-state index is 0.00782. The first-order valence-electron chi connectivity index (χ1n) is 9.65. The van der Waals surface area contributed by atoms with Crippen LogP contribution in [0.1, 0.15) is 26.3 Å². The van der Waals surface area contributed by atoms with Gasteiger partial charge >= 0.3 is 11.9 Å². The molecular formula is C21H22ClFN2O6S. The molecule has 1 saturated heterocycles. The van der Waals surface area contributed by atoms with Crippen molar-refractivity contribution in [2.75, 3.05) is 40.4 Å². The van der Waals surface area contributed by atoms with Crippen LogP contribution in [-0.2, 0) is 26.0 Å². The number of ether oxygens (including phenoxy) is 2. The number of nitrogens with zero attached hydrogens (tertiary/aromatic N) is 2. The molecule has 0 amide bonds. The molecule has 0 saturated carbocycles. The van der Waals surface area contributed by atoms with Crippen molar-refractivity contribution in [1.29, 1.82) is 0 Å². The van der Waals surface area contributed by atoms with Crippen LogP contribution in [0, 0.1) is 5.82 Å². The second-order valence-corrected chi connectivity index (χ2v) is 9.39. The number of benzene rings is 2. The highest BCUT2D eigenvalue weighted by molar-refractivity contribution is 7.89. The Morgan fingerprint density at radius 1 is 1.03 bits per heavy atom. The number of esters is 2. The third kappa shape index (κ3) is 4.93. The Morgan fingerprint density at radius 2 is 1.69 bits per heavy atom. The predicted octanol–water partition coefficient (Wildman–Crippen LogP) is 2.56. The fourth-order valence-corrected chi connectivity index (χ4v) is 5.28. The van der Waals surface area contributed by atoms with Crippen molar-refractivity contribution in [3.8, 4) is 0 Å². The summed E-state index contributed by atoms with van der Waals surface area (Å²) in [5, 5.41) is 0.308. The Labute approximate surface area is 190 Å². The van der Waals surface area contributed by atoms with E-state index in [1.54, 1.807) is 6.07 Å². The molecule has 0 unspecified atom stereocenters. The molecule has 1 fully saturated rings. The average molecular weight is 485 g/mol. The minimum Gasteiger partial charge on any atom is -0.465 e. The van der Waals surface area contributed by atoms with Crippen molar-refractivity contribution in [3.05, 3.63) is 63.9 Å². The lowest BCUT2D eigenvalue weighted by Gasteiger charge is -2.34. The van der Waals surface area contributed by atoms with Crippen LogP contribution in [0.4, 0.5) is 4.39 Å². The van der Waals surface area contributed by atoms with E-state index < -0.39 is 27.8 Å². The fraction of sp³-hybridized carbons (Fsp3) is 0.333. The van der Waals surface area contributed by atoms with Crippen molar-refractivity contribution in [2.24, 2.45) is 0 Å². The van der Waals surface area contributed by atoms with Gasteiger partial charge in [0.1, 0.15) is 5.82 Å². The maximum atomic E-state index is 14.1. The lowest BCUT2D eigenvalue weighted by molar-refractivity contribution is 0.0583. The second kappa shape index (κ2) is 9.95. The van der Waals surface area contributed by atoms with E-state index in [2.05, 4.69) is 4.74 Å². The van der Waals surface area contributed by atoms with Gasteiger partial charge in [0.25, 0.3) is 0 Å². The van der Waals surface area contributed by atoms with Gasteiger partial charge in [-0.3, -0.25) is 4.90 Å². The van der Waals surface area contributed by atoms with Crippen LogP contribution in [0.2, 0.25) is 5.02 Å². The molecule has 11 heteroatoms. The molecule has 172 valence electrons. The Balaban J connectivity index is 1.83. The van der Waals surface area contributed by atoms with E-state index in [4.69, 9.17) is 16.3 Å². The fourth-order valence-electron chi connectivity index (χ4n) is 3.43. The molecular weight excluding hydrogens is 463 g/mol. The first kappa shape index (κ1) is 24.1. The van der Waals surface area contributed by atoms with Crippen molar-refractivity contribution < 1.29 is 31.9 Å². The summed E-state index contributed by atoms with van der Waals surface area (Å²) in [7, 11) is -1.82. The summed E-state index contributed by atoms with van der Waals surface area (Å²) in [6.45, 7) is 1.11. The van der Waals surface area contributed by atoms with Crippen molar-refractivity contribution in [3.63, 3.8) is 0 Å². The van der Waals surface area contributed by atoms with E-state index in [0.717, 1.165) is 13.2 Å². The Morgan fingerprint density at radius 3 is 2.28 bits per heavy atom. The molecule has 0 bridgehead atoms. The number of hydrogen-bond donors (Lipinski definition) is 0. The van der Waals surface area contributed by atoms with E-state index in [-0.39, 0.29) is 35.7 Å². The van der Waals surface area contributed by atoms with Gasteiger partial charge in [-0.05, 0) is 30.3 Å². The summed E-state index contributed by atoms with van der Waals surface area (Å²) >= 11 is 6.09. The first-order chi connectivity index (χ1) is 15.2. The predicted molar refractivity (Wildman–Crippen MR) is 115 cm³/mol. The zero-order chi connectivity index (χ0) is 23.5. The van der Waals surface area contributed by atoms with Crippen LogP contribution in [0.25, 0.3) is 0 Å². The third-order valence-electron chi connectivity index (χ3n) is 5.20. The van der Waals surface area contributed by atoms with Crippen LogP contribution in [0.15, 0.2) is 41.3 Å². The van der Waals surface area contributed by atoms with Crippen LogP contribution in [0.3, 0.4) is 0 Å². The largest absolute Gasteiger partial charge is 0.465 e. The van der Waals surface area contributed by atoms with Crippen LogP contribution >= 0.6 is 11.6 Å². The summed E-state index contributed by atoms with van der Waals surface area (Å²) in [5.74, 6) is -1.99. The minimum atomic E-state index is -4.13. The summed E-state index contributed by atoms with van der Waals surface area (Å²) in [6.07, 6.45) is 0. The molecule has 1 heterocycles. The topological polar surface area (TPSA) is 93.2 Å². The molecule has 0 N–H and O–H groups in total. The maximum absolute atomic E-state index is 14.1. The molecule has 0 spiro atoms. The van der Waals surface area contributed by atoms with Gasteiger partial charge in [0.05, 0.1) is 30.2 Å². The normalized spacial score (nSPS) is 15.4. The summed E-state index contributed by atoms with van der Waals surface area (Å²) in [5.41, 5.74) is 0.163. The number of carbonyl (C=O) groups is 2. The maximum Gasteiger partial charge on any atom is 0.339 e. The van der Waals surface area contributed by atoms with Crippen LogP contribution in [0.5, 0.6) is 0 Å². The highest BCUT2D eigenvalue weighted by atomic mass is 35.5. The molecule has 32 heavy (non-hydrogen) atoms. The lowest BCUT2D eigenvalue weighted by Crippen LogP contribution is -2.48. The number of halogens is 2. The molecule has 3 rings (SSSR count). The summed E-state index contributed by atoms with van der Waals surface area (Å²) in [4.78, 5) is 25.6. The van der Waals surface area contributed by atoms with Gasteiger partial charge in [-0.25, -0.2) is 22.4 Å². The number of piperazine rings is 1. The van der Waals surface area contributed by atoms with Gasteiger partial charge in [0.2, 0.25) is 10.0 Å². The SMILES string of the molecule is COC(=O)c1ccc(C(=O)OC)c(S(=O)(=O)N2CCN(Cc3c(F)cccc3Cl)CC2)c1. The van der Waals surface area contributed by atoms with Gasteiger partial charge in [-0.15, -0.1) is 0 Å². The molecule has 1 aliphatic heterocycles. The van der Waals surface area contributed by atoms with E-state index in [9.17, 15) is 22.4 Å². The summed E-state index contributed by atoms with van der Waals surface area (Å²) in [6, 6.07) is 8.08. The Bertz CT molecular complexity index is 1110. The standard InChI is InChI=1S/C21H22ClFN2O6S/c1-30-20(26)14-6-7-15(21(27)31-2)19(12-14)32(28,29)25-10-8-24(9-11-25)13-16-17(22)4-3-5-18(16)23/h3-7,12H,8-11,13H2,1-2H3. The van der Waals surface area contributed by atoms with E-state index in [0.29, 0.717) is 23.7 Å². The number of methoxy groups -OCH3 is 2. The number of rotatable bonds is 6. The number of sulfonamides is 1. The molecule has 8 nitrogen and oxygen atoms in total. The van der Waals surface area contributed by atoms with Gasteiger partial charge in [-0.1, -0.05) is 17.7 Å². The zero-order valence-electron chi connectivity index (χ0n) is 17.5. The lowest BCUT2D eigenvalue weighted by atomic mass is 10.1. The quantitative estimate of drug-likeness (QED) is 0.582. The van der Waals surface area contributed by atoms with E-state index in [1.807, 2.05) is 4.90 Å². The van der Waals surface area contributed by atoms with E-state index in [1.165, 1.54) is 35.7 Å². The Hall–Kier alpha value is -2.53. The smallest absolute Gasteiger partial charge is 0.339 e.